The van der Waals surface area contributed by atoms with Crippen LogP contribution in [0.4, 0.5) is 0 Å². The first-order valence-corrected chi connectivity index (χ1v) is 25.9. The Balaban J connectivity index is 3.67. The summed E-state index contributed by atoms with van der Waals surface area (Å²) in [5.74, 6) is -0.872. The van der Waals surface area contributed by atoms with Gasteiger partial charge in [-0.1, -0.05) is 0 Å². The lowest BCUT2D eigenvalue weighted by molar-refractivity contribution is -0.124. The maximum absolute atomic E-state index is 12.3. The second kappa shape index (κ2) is 55.8. The van der Waals surface area contributed by atoms with E-state index >= 15 is 0 Å². The quantitative estimate of drug-likeness (QED) is 0.0252. The molecule has 0 spiro atoms. The van der Waals surface area contributed by atoms with Crippen LogP contribution in [0.5, 0.6) is 0 Å². The van der Waals surface area contributed by atoms with E-state index in [9.17, 15) is 50.4 Å². The second-order valence-electron chi connectivity index (χ2n) is 17.0. The van der Waals surface area contributed by atoms with Gasteiger partial charge < -0.3 is 138 Å². The number of nitrogens with two attached hydrogens (primary N) is 1. The molecule has 0 aliphatic rings. The Labute approximate surface area is 451 Å². The molecule has 0 saturated heterocycles. The van der Waals surface area contributed by atoms with Crippen LogP contribution in [0.3, 0.4) is 0 Å². The van der Waals surface area contributed by atoms with Crippen molar-refractivity contribution < 1.29 is 132 Å². The highest BCUT2D eigenvalue weighted by atomic mass is 16.6. The topological polar surface area (TPSA) is 425 Å². The number of nitrogens with one attached hydrogen (secondary N) is 2. The molecule has 30 heteroatoms. The van der Waals surface area contributed by atoms with Crippen molar-refractivity contribution in [3.8, 4) is 0 Å². The fourth-order valence-corrected chi connectivity index (χ4v) is 5.60. The predicted molar refractivity (Wildman–Crippen MR) is 268 cm³/mol. The second-order valence-corrected chi connectivity index (χ2v) is 17.0. The van der Waals surface area contributed by atoms with Crippen LogP contribution in [0.25, 0.3) is 0 Å². The molecule has 9 unspecified atom stereocenters. The highest BCUT2D eigenvalue weighted by Crippen LogP contribution is 2.00. The fourth-order valence-electron chi connectivity index (χ4n) is 5.60. The summed E-state index contributed by atoms with van der Waals surface area (Å²) in [7, 11) is 0. The summed E-state index contributed by atoms with van der Waals surface area (Å²) in [6, 6.07) is -0.932. The van der Waals surface area contributed by atoms with Gasteiger partial charge in [0.25, 0.3) is 0 Å². The molecular weight excluding hydrogens is 1040 g/mol. The first kappa shape index (κ1) is 74.9. The van der Waals surface area contributed by atoms with Crippen molar-refractivity contribution >= 4 is 11.8 Å². The van der Waals surface area contributed by atoms with Gasteiger partial charge in [-0.25, -0.2) is 0 Å². The molecule has 0 bridgehead atoms. The van der Waals surface area contributed by atoms with E-state index < -0.39 is 73.3 Å². The first-order chi connectivity index (χ1) is 37.3. The number of hydrogen-bond acceptors (Lipinski definition) is 28. The molecule has 0 radical (unpaired) electrons. The van der Waals surface area contributed by atoms with Crippen molar-refractivity contribution in [2.75, 3.05) is 225 Å². The average Bonchev–Trinajstić information content (AvgIpc) is 3.40. The summed E-state index contributed by atoms with van der Waals surface area (Å²) in [4.78, 5) is 24.5. The van der Waals surface area contributed by atoms with E-state index in [2.05, 4.69) is 10.6 Å². The Morgan fingerprint density at radius 2 is 0.597 bits per heavy atom. The first-order valence-electron chi connectivity index (χ1n) is 25.9. The number of amides is 2. The summed E-state index contributed by atoms with van der Waals surface area (Å²) in [6.07, 6.45) is -8.48. The van der Waals surface area contributed by atoms with E-state index in [0.29, 0.717) is 99.1 Å². The largest absolute Gasteiger partial charge is 0.394 e. The summed E-state index contributed by atoms with van der Waals surface area (Å²) in [6.45, 7) is 3.53. The van der Waals surface area contributed by atoms with Gasteiger partial charge in [0.1, 0.15) is 42.7 Å². The number of aliphatic hydroxyl groups is 10. The molecule has 9 atom stereocenters. The lowest BCUT2D eigenvalue weighted by atomic mass is 10.1. The number of hydrogen-bond donors (Lipinski definition) is 13. The lowest BCUT2D eigenvalue weighted by Crippen LogP contribution is -2.43. The molecule has 0 rings (SSSR count). The molecule has 0 aliphatic heterocycles. The smallest absolute Gasteiger partial charge is 0.237 e. The third kappa shape index (κ3) is 54.3. The summed E-state index contributed by atoms with van der Waals surface area (Å²) >= 11 is 0. The molecule has 0 aromatic heterocycles. The third-order valence-corrected chi connectivity index (χ3v) is 9.49. The van der Waals surface area contributed by atoms with Gasteiger partial charge in [0, 0.05) is 19.5 Å². The molecule has 0 fully saturated rings. The highest BCUT2D eigenvalue weighted by Gasteiger charge is 2.17. The molecule has 460 valence electrons. The molecule has 0 saturated carbocycles. The molecule has 77 heavy (non-hydrogen) atoms. The van der Waals surface area contributed by atoms with Crippen LogP contribution in [0.1, 0.15) is 12.8 Å². The summed E-state index contributed by atoms with van der Waals surface area (Å²) in [5, 5.41) is 102. The highest BCUT2D eigenvalue weighted by molar-refractivity contribution is 5.82. The summed E-state index contributed by atoms with van der Waals surface area (Å²) in [5.41, 5.74) is 5.91. The van der Waals surface area contributed by atoms with Gasteiger partial charge in [0.15, 0.2) is 0 Å². The Kier molecular flexibility index (Phi) is 54.3. The maximum Gasteiger partial charge on any atom is 0.237 e. The van der Waals surface area contributed by atoms with Gasteiger partial charge in [0.05, 0.1) is 224 Å². The van der Waals surface area contributed by atoms with Crippen LogP contribution < -0.4 is 16.4 Å². The molecule has 0 aliphatic carbocycles. The fraction of sp³-hybridized carbons (Fsp3) is 0.957. The Morgan fingerprint density at radius 3 is 0.883 bits per heavy atom. The standard InChI is InChI=1S/C47H95N3O27/c48-45(47(62)49-3-5-63-7-9-65-11-13-67-15-17-69-19-20-70-18-16-68-14-12-66-10-8-64-6-4-51)1-2-46(61)50-21-37(53)23-71-25-39(55)27-73-29-41(57)31-75-33-43(59)35-77-36-44(60)34-76-32-42(58)30-74-28-40(56)26-72-24-38(54)22-52/h37-45,51-60H,1-36,48H2,(H,49,62)(H,50,61). The number of aliphatic hydroxyl groups excluding tert-OH is 10. The van der Waals surface area contributed by atoms with Crippen molar-refractivity contribution in [2.24, 2.45) is 5.73 Å². The van der Waals surface area contributed by atoms with Crippen molar-refractivity contribution in [2.45, 2.75) is 67.7 Å². The lowest BCUT2D eigenvalue weighted by Gasteiger charge is -2.18. The Hall–Kier alpha value is -2.10. The van der Waals surface area contributed by atoms with E-state index in [1.807, 2.05) is 0 Å². The van der Waals surface area contributed by atoms with Crippen molar-refractivity contribution in [1.29, 1.82) is 0 Å². The molecule has 14 N–H and O–H groups in total. The van der Waals surface area contributed by atoms with Gasteiger partial charge in [0.2, 0.25) is 11.8 Å². The molecule has 2 amide bonds. The molecule has 0 heterocycles. The van der Waals surface area contributed by atoms with Gasteiger partial charge in [-0.15, -0.1) is 0 Å². The van der Waals surface area contributed by atoms with E-state index in [1.165, 1.54) is 0 Å². The SMILES string of the molecule is NC(CCC(=O)NCC(O)COCC(O)COCC(O)COCC(O)COCC(O)COCC(O)COCC(O)COCC(O)CO)C(=O)NCCOCCOCCOCCOCCOCCOCCOCCOCCO. The number of ether oxygens (including phenoxy) is 15. The predicted octanol–water partition coefficient (Wildman–Crippen LogP) is -7.55. The molecule has 0 aromatic rings. The van der Waals surface area contributed by atoms with Gasteiger partial charge in [-0.2, -0.15) is 0 Å². The monoisotopic (exact) mass is 1130 g/mol. The zero-order valence-electron chi connectivity index (χ0n) is 44.6. The van der Waals surface area contributed by atoms with Gasteiger partial charge in [-0.3, -0.25) is 9.59 Å². The Morgan fingerprint density at radius 1 is 0.338 bits per heavy atom. The summed E-state index contributed by atoms with van der Waals surface area (Å²) < 4.78 is 79.5. The third-order valence-electron chi connectivity index (χ3n) is 9.49. The van der Waals surface area contributed by atoms with Crippen molar-refractivity contribution in [1.82, 2.24) is 10.6 Å². The van der Waals surface area contributed by atoms with Crippen LogP contribution in [0, 0.1) is 0 Å². The molecule has 0 aromatic carbocycles. The van der Waals surface area contributed by atoms with Crippen LogP contribution in [-0.2, 0) is 80.6 Å². The van der Waals surface area contributed by atoms with Gasteiger partial charge in [-0.05, 0) is 6.42 Å². The minimum absolute atomic E-state index is 0.00405. The van der Waals surface area contributed by atoms with Crippen molar-refractivity contribution in [3.63, 3.8) is 0 Å². The zero-order valence-corrected chi connectivity index (χ0v) is 44.6. The van der Waals surface area contributed by atoms with E-state index in [1.54, 1.807) is 0 Å². The average molecular weight is 1130 g/mol. The van der Waals surface area contributed by atoms with Crippen molar-refractivity contribution in [3.05, 3.63) is 0 Å². The number of rotatable bonds is 61. The molecular formula is C47H95N3O27. The van der Waals surface area contributed by atoms with Crippen LogP contribution in [0.15, 0.2) is 0 Å². The number of carbonyl (C=O) groups excluding carboxylic acids is 2. The molecule has 30 nitrogen and oxygen atoms in total. The number of carbonyl (C=O) groups is 2. The van der Waals surface area contributed by atoms with E-state index in [0.717, 1.165) is 0 Å². The minimum atomic E-state index is -1.09. The zero-order chi connectivity index (χ0) is 56.8. The van der Waals surface area contributed by atoms with Crippen LogP contribution >= 0.6 is 0 Å². The normalized spacial score (nSPS) is 15.4. The van der Waals surface area contributed by atoms with Gasteiger partial charge >= 0.3 is 0 Å². The maximum atomic E-state index is 12.3. The van der Waals surface area contributed by atoms with Crippen LogP contribution in [-0.4, -0.2) is 342 Å². The minimum Gasteiger partial charge on any atom is -0.394 e. The Bertz CT molecular complexity index is 1280. The van der Waals surface area contributed by atoms with Crippen LogP contribution in [0.2, 0.25) is 0 Å². The van der Waals surface area contributed by atoms with E-state index in [4.69, 9.17) is 87.0 Å². The van der Waals surface area contributed by atoms with E-state index in [-0.39, 0.29) is 132 Å².